The van der Waals surface area contributed by atoms with E-state index in [1.807, 2.05) is 0 Å². The fourth-order valence-corrected chi connectivity index (χ4v) is 4.52. The number of sulfonamides is 1. The lowest BCUT2D eigenvalue weighted by Gasteiger charge is -2.34. The van der Waals surface area contributed by atoms with Gasteiger partial charge in [0, 0.05) is 38.8 Å². The Kier molecular flexibility index (Phi) is 6.22. The number of β-amino-alcohol motifs (C(OH)–C–C–N with tert-alkyl or cyclic N) is 1. The number of nitrogens with zero attached hydrogens (tertiary/aromatic N) is 2. The van der Waals surface area contributed by atoms with E-state index in [9.17, 15) is 8.42 Å². The van der Waals surface area contributed by atoms with E-state index in [1.54, 1.807) is 4.31 Å². The first kappa shape index (κ1) is 16.2. The van der Waals surface area contributed by atoms with E-state index in [-0.39, 0.29) is 12.4 Å². The number of nitrogens with one attached hydrogen (secondary N) is 1. The molecule has 1 atom stereocenters. The minimum absolute atomic E-state index is 0.139. The van der Waals surface area contributed by atoms with Gasteiger partial charge in [-0.25, -0.2) is 8.42 Å². The predicted molar refractivity (Wildman–Crippen MR) is 79.1 cm³/mol. The molecule has 6 nitrogen and oxygen atoms in total. The standard InChI is InChI=1S/C13H27N3O3S/c17-11-10-15-6-8-16(9-7-15)20(18,19)12-4-13-3-1-2-5-14-13/h13-14,17H,1-12H2. The summed E-state index contributed by atoms with van der Waals surface area (Å²) in [5.41, 5.74) is 0. The molecule has 2 N–H and O–H groups in total. The zero-order chi connectivity index (χ0) is 14.4. The molecular formula is C13H27N3O3S. The number of aliphatic hydroxyl groups excluding tert-OH is 1. The Hall–Kier alpha value is -0.210. The lowest BCUT2D eigenvalue weighted by atomic mass is 10.0. The van der Waals surface area contributed by atoms with Crippen LogP contribution in [0.5, 0.6) is 0 Å². The number of piperidine rings is 1. The SMILES string of the molecule is O=S(=O)(CCC1CCCCN1)N1CCN(CCO)CC1. The van der Waals surface area contributed by atoms with E-state index < -0.39 is 10.0 Å². The van der Waals surface area contributed by atoms with Crippen molar-refractivity contribution in [3.05, 3.63) is 0 Å². The quantitative estimate of drug-likeness (QED) is 0.689. The minimum Gasteiger partial charge on any atom is -0.395 e. The maximum Gasteiger partial charge on any atom is 0.214 e. The van der Waals surface area contributed by atoms with Crippen LogP contribution in [0, 0.1) is 0 Å². The molecule has 0 aliphatic carbocycles. The van der Waals surface area contributed by atoms with Crippen LogP contribution in [-0.2, 0) is 10.0 Å². The van der Waals surface area contributed by atoms with Crippen LogP contribution in [0.2, 0.25) is 0 Å². The molecule has 2 heterocycles. The van der Waals surface area contributed by atoms with Gasteiger partial charge in [0.2, 0.25) is 10.0 Å². The largest absolute Gasteiger partial charge is 0.395 e. The van der Waals surface area contributed by atoms with Crippen molar-refractivity contribution in [1.82, 2.24) is 14.5 Å². The molecule has 0 amide bonds. The zero-order valence-corrected chi connectivity index (χ0v) is 12.9. The van der Waals surface area contributed by atoms with Crippen LogP contribution in [0.3, 0.4) is 0 Å². The highest BCUT2D eigenvalue weighted by Gasteiger charge is 2.27. The van der Waals surface area contributed by atoms with Crippen LogP contribution in [-0.4, -0.2) is 80.4 Å². The highest BCUT2D eigenvalue weighted by atomic mass is 32.2. The summed E-state index contributed by atoms with van der Waals surface area (Å²) < 4.78 is 26.3. The van der Waals surface area contributed by atoms with Gasteiger partial charge in [-0.15, -0.1) is 0 Å². The molecule has 2 aliphatic rings. The van der Waals surface area contributed by atoms with Gasteiger partial charge in [-0.2, -0.15) is 4.31 Å². The second kappa shape index (κ2) is 7.70. The van der Waals surface area contributed by atoms with Crippen LogP contribution in [0.25, 0.3) is 0 Å². The lowest BCUT2D eigenvalue weighted by molar-refractivity contribution is 0.151. The molecule has 2 rings (SSSR count). The summed E-state index contributed by atoms with van der Waals surface area (Å²) in [7, 11) is -3.12. The molecule has 0 bridgehead atoms. The molecule has 118 valence electrons. The third-order valence-electron chi connectivity index (χ3n) is 4.28. The number of rotatable bonds is 6. The summed E-state index contributed by atoms with van der Waals surface area (Å²) in [6.45, 7) is 4.36. The molecule has 7 heteroatoms. The van der Waals surface area contributed by atoms with Crippen molar-refractivity contribution >= 4 is 10.0 Å². The normalized spacial score (nSPS) is 26.8. The van der Waals surface area contributed by atoms with Crippen LogP contribution in [0.15, 0.2) is 0 Å². The summed E-state index contributed by atoms with van der Waals surface area (Å²) in [5.74, 6) is 0.255. The minimum atomic E-state index is -3.12. The summed E-state index contributed by atoms with van der Waals surface area (Å²) in [5, 5.41) is 12.3. The van der Waals surface area contributed by atoms with Crippen molar-refractivity contribution < 1.29 is 13.5 Å². The van der Waals surface area contributed by atoms with Gasteiger partial charge in [0.25, 0.3) is 0 Å². The highest BCUT2D eigenvalue weighted by Crippen LogP contribution is 2.14. The number of aliphatic hydroxyl groups is 1. The number of piperazine rings is 1. The molecule has 1 unspecified atom stereocenters. The maximum atomic E-state index is 12.3. The molecular weight excluding hydrogens is 278 g/mol. The third-order valence-corrected chi connectivity index (χ3v) is 6.18. The summed E-state index contributed by atoms with van der Waals surface area (Å²) in [4.78, 5) is 2.11. The van der Waals surface area contributed by atoms with Gasteiger partial charge in [-0.3, -0.25) is 4.90 Å². The van der Waals surface area contributed by atoms with Crippen LogP contribution < -0.4 is 5.32 Å². The second-order valence-corrected chi connectivity index (χ2v) is 7.80. The van der Waals surface area contributed by atoms with E-state index in [2.05, 4.69) is 10.2 Å². The molecule has 2 aliphatic heterocycles. The average molecular weight is 305 g/mol. The first-order valence-electron chi connectivity index (χ1n) is 7.66. The van der Waals surface area contributed by atoms with E-state index in [0.717, 1.165) is 32.5 Å². The first-order valence-corrected chi connectivity index (χ1v) is 9.27. The van der Waals surface area contributed by atoms with E-state index in [1.165, 1.54) is 12.8 Å². The molecule has 0 saturated carbocycles. The fourth-order valence-electron chi connectivity index (χ4n) is 2.96. The van der Waals surface area contributed by atoms with Gasteiger partial charge in [-0.1, -0.05) is 6.42 Å². The zero-order valence-electron chi connectivity index (χ0n) is 12.1. The van der Waals surface area contributed by atoms with E-state index >= 15 is 0 Å². The van der Waals surface area contributed by atoms with Crippen LogP contribution >= 0.6 is 0 Å². The van der Waals surface area contributed by atoms with Crippen molar-refractivity contribution in [1.29, 1.82) is 0 Å². The first-order chi connectivity index (χ1) is 9.62. The molecule has 0 aromatic rings. The summed E-state index contributed by atoms with van der Waals surface area (Å²) in [6.07, 6.45) is 4.23. The van der Waals surface area contributed by atoms with Gasteiger partial charge < -0.3 is 10.4 Å². The van der Waals surface area contributed by atoms with Crippen molar-refractivity contribution in [2.24, 2.45) is 0 Å². The summed E-state index contributed by atoms with van der Waals surface area (Å²) >= 11 is 0. The number of hydrogen-bond donors (Lipinski definition) is 2. The van der Waals surface area contributed by atoms with Gasteiger partial charge in [-0.05, 0) is 25.8 Å². The second-order valence-electron chi connectivity index (χ2n) is 5.72. The molecule has 0 spiro atoms. The maximum absolute atomic E-state index is 12.3. The van der Waals surface area contributed by atoms with Gasteiger partial charge >= 0.3 is 0 Å². The van der Waals surface area contributed by atoms with Crippen molar-refractivity contribution in [2.75, 3.05) is 51.6 Å². The summed E-state index contributed by atoms with van der Waals surface area (Å²) in [6, 6.07) is 0.370. The molecule has 2 fully saturated rings. The third kappa shape index (κ3) is 4.66. The Morgan fingerprint density at radius 2 is 1.90 bits per heavy atom. The Morgan fingerprint density at radius 3 is 2.50 bits per heavy atom. The molecule has 20 heavy (non-hydrogen) atoms. The Morgan fingerprint density at radius 1 is 1.15 bits per heavy atom. The van der Waals surface area contributed by atoms with Crippen molar-refractivity contribution in [3.63, 3.8) is 0 Å². The van der Waals surface area contributed by atoms with Gasteiger partial charge in [0.1, 0.15) is 0 Å². The van der Waals surface area contributed by atoms with Crippen LogP contribution in [0.4, 0.5) is 0 Å². The predicted octanol–water partition coefficient (Wildman–Crippen LogP) is -0.542. The van der Waals surface area contributed by atoms with E-state index in [0.29, 0.717) is 25.7 Å². The van der Waals surface area contributed by atoms with E-state index in [4.69, 9.17) is 5.11 Å². The Balaban J connectivity index is 1.75. The monoisotopic (exact) mass is 305 g/mol. The fraction of sp³-hybridized carbons (Fsp3) is 1.00. The van der Waals surface area contributed by atoms with Gasteiger partial charge in [0.15, 0.2) is 0 Å². The van der Waals surface area contributed by atoms with Crippen molar-refractivity contribution in [2.45, 2.75) is 31.7 Å². The lowest BCUT2D eigenvalue weighted by Crippen LogP contribution is -2.50. The Bertz CT molecular complexity index is 374. The topological polar surface area (TPSA) is 72.9 Å². The molecule has 0 aromatic carbocycles. The molecule has 2 saturated heterocycles. The van der Waals surface area contributed by atoms with Gasteiger partial charge in [0.05, 0.1) is 12.4 Å². The number of hydrogen-bond acceptors (Lipinski definition) is 5. The highest BCUT2D eigenvalue weighted by molar-refractivity contribution is 7.89. The Labute approximate surface area is 122 Å². The molecule has 0 aromatic heterocycles. The van der Waals surface area contributed by atoms with Crippen molar-refractivity contribution in [3.8, 4) is 0 Å². The van der Waals surface area contributed by atoms with Crippen LogP contribution in [0.1, 0.15) is 25.7 Å². The average Bonchev–Trinajstić information content (AvgIpc) is 2.47. The molecule has 0 radical (unpaired) electrons. The smallest absolute Gasteiger partial charge is 0.214 e.